The van der Waals surface area contributed by atoms with Crippen molar-refractivity contribution in [3.63, 3.8) is 0 Å². The smallest absolute Gasteiger partial charge is 0.406 e. The molecule has 1 aliphatic heterocycles. The summed E-state index contributed by atoms with van der Waals surface area (Å²) in [7, 11) is -3.79. The summed E-state index contributed by atoms with van der Waals surface area (Å²) in [4.78, 5) is -0.0869. The molecule has 0 saturated carbocycles. The molecule has 0 aliphatic carbocycles. The predicted molar refractivity (Wildman–Crippen MR) is 84.8 cm³/mol. The van der Waals surface area contributed by atoms with Gasteiger partial charge in [-0.25, -0.2) is 8.42 Å². The van der Waals surface area contributed by atoms with Crippen LogP contribution in [-0.4, -0.2) is 37.3 Å². The number of anilines is 1. The van der Waals surface area contributed by atoms with Crippen molar-refractivity contribution in [2.75, 3.05) is 18.8 Å². The SMILES string of the molecule is Nc1cc(C2CCN(S(=O)(=O)c3ccc(OC(F)(F)F)cc3)CC2)no1. The molecule has 1 fully saturated rings. The number of nitrogens with zero attached hydrogens (tertiary/aromatic N) is 2. The van der Waals surface area contributed by atoms with Crippen LogP contribution in [0.25, 0.3) is 0 Å². The van der Waals surface area contributed by atoms with Gasteiger partial charge in [0.25, 0.3) is 0 Å². The third-order valence-electron chi connectivity index (χ3n) is 4.11. The zero-order valence-corrected chi connectivity index (χ0v) is 14.3. The van der Waals surface area contributed by atoms with Crippen LogP contribution in [0.2, 0.25) is 0 Å². The minimum Gasteiger partial charge on any atom is -0.406 e. The highest BCUT2D eigenvalue weighted by molar-refractivity contribution is 7.89. The van der Waals surface area contributed by atoms with Gasteiger partial charge in [0.15, 0.2) is 0 Å². The number of hydrogen-bond donors (Lipinski definition) is 1. The molecule has 1 aliphatic rings. The highest BCUT2D eigenvalue weighted by Crippen LogP contribution is 2.31. The van der Waals surface area contributed by atoms with E-state index in [0.717, 1.165) is 24.3 Å². The predicted octanol–water partition coefficient (Wildman–Crippen LogP) is 2.72. The van der Waals surface area contributed by atoms with Crippen molar-refractivity contribution in [2.24, 2.45) is 0 Å². The lowest BCUT2D eigenvalue weighted by molar-refractivity contribution is -0.274. The fraction of sp³-hybridized carbons (Fsp3) is 0.400. The minimum atomic E-state index is -4.83. The molecule has 3 rings (SSSR count). The van der Waals surface area contributed by atoms with Crippen molar-refractivity contribution in [2.45, 2.75) is 30.0 Å². The summed E-state index contributed by atoms with van der Waals surface area (Å²) < 4.78 is 71.7. The fourth-order valence-electron chi connectivity index (χ4n) is 2.85. The van der Waals surface area contributed by atoms with Crippen LogP contribution < -0.4 is 10.5 Å². The molecule has 0 atom stereocenters. The first-order chi connectivity index (χ1) is 12.1. The molecule has 7 nitrogen and oxygen atoms in total. The maximum atomic E-state index is 12.6. The van der Waals surface area contributed by atoms with Gasteiger partial charge in [-0.3, -0.25) is 0 Å². The van der Waals surface area contributed by atoms with Gasteiger partial charge in [-0.2, -0.15) is 4.31 Å². The molecule has 0 unspecified atom stereocenters. The normalized spacial score (nSPS) is 17.3. The monoisotopic (exact) mass is 391 g/mol. The van der Waals surface area contributed by atoms with E-state index in [2.05, 4.69) is 9.89 Å². The zero-order chi connectivity index (χ0) is 18.9. The first kappa shape index (κ1) is 18.5. The highest BCUT2D eigenvalue weighted by Gasteiger charge is 2.33. The molecule has 0 amide bonds. The second-order valence-corrected chi connectivity index (χ2v) is 7.79. The van der Waals surface area contributed by atoms with Crippen molar-refractivity contribution in [1.82, 2.24) is 9.46 Å². The van der Waals surface area contributed by atoms with E-state index in [9.17, 15) is 21.6 Å². The van der Waals surface area contributed by atoms with Crippen molar-refractivity contribution in [3.05, 3.63) is 36.0 Å². The molecule has 2 aromatic rings. The number of aromatic nitrogens is 1. The number of hydrogen-bond acceptors (Lipinski definition) is 6. The molecular formula is C15H16F3N3O4S. The van der Waals surface area contributed by atoms with Crippen LogP contribution in [0.5, 0.6) is 5.75 Å². The number of nitrogen functional groups attached to an aromatic ring is 1. The van der Waals surface area contributed by atoms with Crippen LogP contribution in [0.3, 0.4) is 0 Å². The Kier molecular flexibility index (Phi) is 4.84. The molecule has 1 aromatic carbocycles. The van der Waals surface area contributed by atoms with E-state index < -0.39 is 22.1 Å². The lowest BCUT2D eigenvalue weighted by Crippen LogP contribution is -2.37. The maximum Gasteiger partial charge on any atom is 0.573 e. The molecule has 0 bridgehead atoms. The first-order valence-electron chi connectivity index (χ1n) is 7.73. The number of piperidine rings is 1. The topological polar surface area (TPSA) is 98.7 Å². The third-order valence-corrected chi connectivity index (χ3v) is 6.03. The Morgan fingerprint density at radius 3 is 2.31 bits per heavy atom. The molecule has 2 heterocycles. The summed E-state index contributed by atoms with van der Waals surface area (Å²) in [5.41, 5.74) is 6.18. The van der Waals surface area contributed by atoms with Crippen molar-refractivity contribution < 1.29 is 30.8 Å². The standard InChI is InChI=1S/C15H16F3N3O4S/c16-15(17,18)24-11-1-3-12(4-2-11)26(22,23)21-7-5-10(6-8-21)13-9-14(19)25-20-13/h1-4,9-10H,5-8,19H2. The summed E-state index contributed by atoms with van der Waals surface area (Å²) in [6.07, 6.45) is -3.74. The maximum absolute atomic E-state index is 12.6. The van der Waals surface area contributed by atoms with Crippen molar-refractivity contribution in [1.29, 1.82) is 0 Å². The van der Waals surface area contributed by atoms with Gasteiger partial charge in [0, 0.05) is 25.1 Å². The summed E-state index contributed by atoms with van der Waals surface area (Å²) >= 11 is 0. The van der Waals surface area contributed by atoms with Crippen LogP contribution in [0, 0.1) is 0 Å². The van der Waals surface area contributed by atoms with Crippen LogP contribution >= 0.6 is 0 Å². The number of ether oxygens (including phenoxy) is 1. The van der Waals surface area contributed by atoms with Gasteiger partial charge < -0.3 is 15.0 Å². The largest absolute Gasteiger partial charge is 0.573 e. The van der Waals surface area contributed by atoms with E-state index in [4.69, 9.17) is 10.3 Å². The van der Waals surface area contributed by atoms with Crippen molar-refractivity contribution in [3.8, 4) is 5.75 Å². The summed E-state index contributed by atoms with van der Waals surface area (Å²) in [5, 5.41) is 3.85. The Hall–Kier alpha value is -2.27. The van der Waals surface area contributed by atoms with Gasteiger partial charge in [-0.1, -0.05) is 5.16 Å². The number of rotatable bonds is 4. The summed E-state index contributed by atoms with van der Waals surface area (Å²) in [6.45, 7) is 0.529. The third kappa shape index (κ3) is 4.10. The number of alkyl halides is 3. The van der Waals surface area contributed by atoms with Gasteiger partial charge in [-0.05, 0) is 37.1 Å². The summed E-state index contributed by atoms with van der Waals surface area (Å²) in [6, 6.07) is 5.77. The number of benzene rings is 1. The van der Waals surface area contributed by atoms with Gasteiger partial charge in [-0.15, -0.1) is 13.2 Å². The Balaban J connectivity index is 1.67. The molecular weight excluding hydrogens is 375 g/mol. The number of sulfonamides is 1. The number of nitrogens with two attached hydrogens (primary N) is 1. The van der Waals surface area contributed by atoms with E-state index in [0.29, 0.717) is 18.5 Å². The van der Waals surface area contributed by atoms with Gasteiger partial charge in [0.05, 0.1) is 10.6 Å². The van der Waals surface area contributed by atoms with Crippen LogP contribution in [0.4, 0.5) is 19.1 Å². The van der Waals surface area contributed by atoms with E-state index in [-0.39, 0.29) is 29.8 Å². The zero-order valence-electron chi connectivity index (χ0n) is 13.4. The Labute approximate surface area is 147 Å². The van der Waals surface area contributed by atoms with E-state index in [1.807, 2.05) is 0 Å². The minimum absolute atomic E-state index is 0.0464. The lowest BCUT2D eigenvalue weighted by atomic mass is 9.95. The molecule has 0 spiro atoms. The average molecular weight is 391 g/mol. The first-order valence-corrected chi connectivity index (χ1v) is 9.17. The summed E-state index contributed by atoms with van der Waals surface area (Å²) in [5.74, 6) is -0.222. The van der Waals surface area contributed by atoms with E-state index in [1.54, 1.807) is 6.07 Å². The van der Waals surface area contributed by atoms with Gasteiger partial charge in [0.1, 0.15) is 5.75 Å². The molecule has 142 valence electrons. The van der Waals surface area contributed by atoms with Crippen LogP contribution in [0.1, 0.15) is 24.5 Å². The second kappa shape index (κ2) is 6.80. The van der Waals surface area contributed by atoms with Gasteiger partial charge >= 0.3 is 6.36 Å². The fourth-order valence-corrected chi connectivity index (χ4v) is 4.32. The van der Waals surface area contributed by atoms with E-state index >= 15 is 0 Å². The molecule has 26 heavy (non-hydrogen) atoms. The molecule has 2 N–H and O–H groups in total. The van der Waals surface area contributed by atoms with Crippen LogP contribution in [-0.2, 0) is 10.0 Å². The molecule has 0 radical (unpaired) electrons. The second-order valence-electron chi connectivity index (χ2n) is 5.85. The van der Waals surface area contributed by atoms with Crippen LogP contribution in [0.15, 0.2) is 39.8 Å². The Morgan fingerprint density at radius 2 is 1.81 bits per heavy atom. The quantitative estimate of drug-likeness (QED) is 0.861. The molecule has 1 saturated heterocycles. The highest BCUT2D eigenvalue weighted by atomic mass is 32.2. The van der Waals surface area contributed by atoms with Crippen molar-refractivity contribution >= 4 is 15.9 Å². The molecule has 11 heteroatoms. The Morgan fingerprint density at radius 1 is 1.19 bits per heavy atom. The molecule has 1 aromatic heterocycles. The average Bonchev–Trinajstić information content (AvgIpc) is 3.00. The number of halogens is 3. The Bertz CT molecular complexity index is 857. The van der Waals surface area contributed by atoms with E-state index in [1.165, 1.54) is 4.31 Å². The van der Waals surface area contributed by atoms with Gasteiger partial charge in [0.2, 0.25) is 15.9 Å². The lowest BCUT2D eigenvalue weighted by Gasteiger charge is -2.30.